The van der Waals surface area contributed by atoms with Gasteiger partial charge in [0.2, 0.25) is 5.91 Å². The van der Waals surface area contributed by atoms with Crippen molar-refractivity contribution in [1.82, 2.24) is 4.98 Å². The Bertz CT molecular complexity index is 582. The van der Waals surface area contributed by atoms with Gasteiger partial charge in [0.25, 0.3) is 0 Å². The van der Waals surface area contributed by atoms with E-state index in [-0.39, 0.29) is 11.8 Å². The number of nitrogens with one attached hydrogen (secondary N) is 1. The minimum atomic E-state index is -0.560. The molecule has 0 spiro atoms. The van der Waals surface area contributed by atoms with E-state index in [1.165, 1.54) is 11.3 Å². The van der Waals surface area contributed by atoms with Crippen molar-refractivity contribution in [3.8, 4) is 0 Å². The van der Waals surface area contributed by atoms with Crippen LogP contribution in [0.5, 0.6) is 0 Å². The van der Waals surface area contributed by atoms with E-state index >= 15 is 0 Å². The lowest BCUT2D eigenvalue weighted by Gasteiger charge is -2.16. The van der Waals surface area contributed by atoms with Crippen molar-refractivity contribution in [2.45, 2.75) is 19.9 Å². The van der Waals surface area contributed by atoms with Gasteiger partial charge in [0.15, 0.2) is 0 Å². The van der Waals surface area contributed by atoms with Crippen LogP contribution in [0.2, 0.25) is 5.02 Å². The maximum Gasteiger partial charge on any atom is 0.241 e. The Morgan fingerprint density at radius 3 is 2.89 bits per heavy atom. The minimum absolute atomic E-state index is 0.0680. The number of nitrogens with two attached hydrogens (primary N) is 1. The molecule has 0 aliphatic rings. The van der Waals surface area contributed by atoms with Crippen molar-refractivity contribution < 1.29 is 4.79 Å². The van der Waals surface area contributed by atoms with Gasteiger partial charge in [-0.25, -0.2) is 4.98 Å². The summed E-state index contributed by atoms with van der Waals surface area (Å²) >= 11 is 7.60. The van der Waals surface area contributed by atoms with Crippen molar-refractivity contribution in [2.24, 2.45) is 11.7 Å². The zero-order valence-electron chi connectivity index (χ0n) is 10.1. The number of carbonyl (C=O) groups excluding carboxylic acids is 1. The predicted octanol–water partition coefficient (Wildman–Crippen LogP) is 2.87. The molecule has 1 atom stereocenters. The number of thiazole rings is 1. The Morgan fingerprint density at radius 2 is 2.22 bits per heavy atom. The van der Waals surface area contributed by atoms with Crippen LogP contribution >= 0.6 is 22.9 Å². The first-order chi connectivity index (χ1) is 8.50. The van der Waals surface area contributed by atoms with Crippen LogP contribution in [0.15, 0.2) is 17.6 Å². The number of amides is 1. The second-order valence-corrected chi connectivity index (χ2v) is 5.67. The maximum absolute atomic E-state index is 12.0. The van der Waals surface area contributed by atoms with E-state index in [9.17, 15) is 4.79 Å². The first kappa shape index (κ1) is 13.3. The molecule has 0 bridgehead atoms. The SMILES string of the molecule is CC(C)C(N)C(=O)Nc1c(Cl)ccc2scnc12. The molecule has 0 fully saturated rings. The molecule has 2 aromatic rings. The summed E-state index contributed by atoms with van der Waals surface area (Å²) in [5, 5.41) is 3.24. The number of hydrogen-bond donors (Lipinski definition) is 2. The molecule has 0 aliphatic heterocycles. The average molecular weight is 284 g/mol. The number of halogens is 1. The highest BCUT2D eigenvalue weighted by Crippen LogP contribution is 2.32. The van der Waals surface area contributed by atoms with Gasteiger partial charge in [0, 0.05) is 0 Å². The first-order valence-electron chi connectivity index (χ1n) is 5.59. The number of hydrogen-bond acceptors (Lipinski definition) is 4. The summed E-state index contributed by atoms with van der Waals surface area (Å²) in [6.07, 6.45) is 0. The fourth-order valence-electron chi connectivity index (χ4n) is 1.53. The van der Waals surface area contributed by atoms with Crippen LogP contribution in [0.25, 0.3) is 10.2 Å². The van der Waals surface area contributed by atoms with Crippen LogP contribution in [0.1, 0.15) is 13.8 Å². The van der Waals surface area contributed by atoms with E-state index in [0.29, 0.717) is 16.2 Å². The zero-order chi connectivity index (χ0) is 13.3. The van der Waals surface area contributed by atoms with Crippen molar-refractivity contribution in [3.63, 3.8) is 0 Å². The number of anilines is 1. The van der Waals surface area contributed by atoms with Crippen molar-refractivity contribution >= 4 is 44.7 Å². The lowest BCUT2D eigenvalue weighted by Crippen LogP contribution is -2.39. The van der Waals surface area contributed by atoms with Crippen molar-refractivity contribution in [2.75, 3.05) is 5.32 Å². The van der Waals surface area contributed by atoms with E-state index in [1.54, 1.807) is 11.6 Å². The van der Waals surface area contributed by atoms with E-state index in [4.69, 9.17) is 17.3 Å². The van der Waals surface area contributed by atoms with Gasteiger partial charge in [-0.3, -0.25) is 4.79 Å². The summed E-state index contributed by atoms with van der Waals surface area (Å²) in [5.41, 5.74) is 8.77. The molecule has 0 saturated carbocycles. The van der Waals surface area contributed by atoms with E-state index in [1.807, 2.05) is 19.9 Å². The highest BCUT2D eigenvalue weighted by molar-refractivity contribution is 7.16. The van der Waals surface area contributed by atoms with Crippen LogP contribution in [0.4, 0.5) is 5.69 Å². The Balaban J connectivity index is 2.34. The molecule has 1 aromatic heterocycles. The van der Waals surface area contributed by atoms with Gasteiger partial charge in [-0.15, -0.1) is 11.3 Å². The number of nitrogens with zero attached hydrogens (tertiary/aromatic N) is 1. The van der Waals surface area contributed by atoms with Gasteiger partial charge < -0.3 is 11.1 Å². The summed E-state index contributed by atoms with van der Waals surface area (Å²) in [5.74, 6) is -0.175. The molecule has 2 rings (SSSR count). The Morgan fingerprint density at radius 1 is 1.50 bits per heavy atom. The van der Waals surface area contributed by atoms with Gasteiger partial charge in [0.05, 0.1) is 27.0 Å². The van der Waals surface area contributed by atoms with Crippen molar-refractivity contribution in [1.29, 1.82) is 0 Å². The van der Waals surface area contributed by atoms with Gasteiger partial charge in [-0.2, -0.15) is 0 Å². The average Bonchev–Trinajstić information content (AvgIpc) is 2.79. The van der Waals surface area contributed by atoms with Crippen LogP contribution in [0, 0.1) is 5.92 Å². The molecule has 1 amide bonds. The molecule has 1 aromatic carbocycles. The van der Waals surface area contributed by atoms with Crippen molar-refractivity contribution in [3.05, 3.63) is 22.7 Å². The number of carbonyl (C=O) groups is 1. The molecule has 0 radical (unpaired) electrons. The summed E-state index contributed by atoms with van der Waals surface area (Å²) in [7, 11) is 0. The highest BCUT2D eigenvalue weighted by Gasteiger charge is 2.19. The molecule has 6 heteroatoms. The number of fused-ring (bicyclic) bond motifs is 1. The van der Waals surface area contributed by atoms with E-state index < -0.39 is 6.04 Å². The first-order valence-corrected chi connectivity index (χ1v) is 6.84. The topological polar surface area (TPSA) is 68.0 Å². The fraction of sp³-hybridized carbons (Fsp3) is 0.333. The quantitative estimate of drug-likeness (QED) is 0.910. The van der Waals surface area contributed by atoms with E-state index in [2.05, 4.69) is 10.3 Å². The summed E-state index contributed by atoms with van der Waals surface area (Å²) in [6, 6.07) is 3.07. The summed E-state index contributed by atoms with van der Waals surface area (Å²) < 4.78 is 0.979. The smallest absolute Gasteiger partial charge is 0.241 e. The van der Waals surface area contributed by atoms with Gasteiger partial charge in [-0.05, 0) is 18.1 Å². The number of aromatic nitrogens is 1. The molecule has 1 heterocycles. The summed E-state index contributed by atoms with van der Waals surface area (Å²) in [6.45, 7) is 3.80. The van der Waals surface area contributed by atoms with Crippen LogP contribution in [0.3, 0.4) is 0 Å². The fourth-order valence-corrected chi connectivity index (χ4v) is 2.42. The molecule has 0 saturated heterocycles. The lowest BCUT2D eigenvalue weighted by molar-refractivity contribution is -0.118. The summed E-state index contributed by atoms with van der Waals surface area (Å²) in [4.78, 5) is 16.2. The molecule has 0 aliphatic carbocycles. The highest BCUT2D eigenvalue weighted by atomic mass is 35.5. The second kappa shape index (κ2) is 5.22. The standard InChI is InChI=1S/C12H14ClN3OS/c1-6(2)9(14)12(17)16-10-7(13)3-4-8-11(10)15-5-18-8/h3-6,9H,14H2,1-2H3,(H,16,17). The monoisotopic (exact) mass is 283 g/mol. The van der Waals surface area contributed by atoms with Crippen LogP contribution < -0.4 is 11.1 Å². The Hall–Kier alpha value is -1.17. The number of rotatable bonds is 3. The molecule has 96 valence electrons. The Kier molecular flexibility index (Phi) is 3.85. The zero-order valence-corrected chi connectivity index (χ0v) is 11.7. The third-order valence-electron chi connectivity index (χ3n) is 2.72. The molecule has 1 unspecified atom stereocenters. The normalized spacial score (nSPS) is 12.9. The van der Waals surface area contributed by atoms with Crippen LogP contribution in [-0.4, -0.2) is 16.9 Å². The second-order valence-electron chi connectivity index (χ2n) is 4.38. The molecular formula is C12H14ClN3OS. The minimum Gasteiger partial charge on any atom is -0.322 e. The number of benzene rings is 1. The molecule has 4 nitrogen and oxygen atoms in total. The van der Waals surface area contributed by atoms with Gasteiger partial charge >= 0.3 is 0 Å². The molecule has 3 N–H and O–H groups in total. The largest absolute Gasteiger partial charge is 0.322 e. The lowest BCUT2D eigenvalue weighted by atomic mass is 10.0. The van der Waals surface area contributed by atoms with E-state index in [0.717, 1.165) is 4.70 Å². The van der Waals surface area contributed by atoms with Crippen LogP contribution in [-0.2, 0) is 4.79 Å². The Labute approximate surface area is 114 Å². The molecule has 18 heavy (non-hydrogen) atoms. The molecular weight excluding hydrogens is 270 g/mol. The van der Waals surface area contributed by atoms with Gasteiger partial charge in [0.1, 0.15) is 5.52 Å². The third-order valence-corrected chi connectivity index (χ3v) is 3.83. The maximum atomic E-state index is 12.0. The third kappa shape index (κ3) is 2.48. The predicted molar refractivity (Wildman–Crippen MR) is 76.1 cm³/mol. The van der Waals surface area contributed by atoms with Gasteiger partial charge in [-0.1, -0.05) is 25.4 Å².